The lowest BCUT2D eigenvalue weighted by Gasteiger charge is -2.17. The highest BCUT2D eigenvalue weighted by molar-refractivity contribution is 5.94. The predicted octanol–water partition coefficient (Wildman–Crippen LogP) is 3.25. The molecule has 1 amide bonds. The number of likely N-dealkylation sites (tertiary alicyclic amines) is 1. The monoisotopic (exact) mass is 293 g/mol. The van der Waals surface area contributed by atoms with Crippen LogP contribution >= 0.6 is 0 Å². The van der Waals surface area contributed by atoms with E-state index >= 15 is 0 Å². The molecule has 0 aromatic heterocycles. The van der Waals surface area contributed by atoms with E-state index in [4.69, 9.17) is 4.74 Å². The van der Waals surface area contributed by atoms with E-state index in [2.05, 4.69) is 18.2 Å². The van der Waals surface area contributed by atoms with Crippen LogP contribution in [0.1, 0.15) is 33.8 Å². The summed E-state index contributed by atoms with van der Waals surface area (Å²) >= 11 is 0. The molecular weight excluding hydrogens is 274 g/mol. The van der Waals surface area contributed by atoms with Gasteiger partial charge in [0.1, 0.15) is 5.75 Å². The lowest BCUT2D eigenvalue weighted by molar-refractivity contribution is 0.0791. The number of fused-ring (bicyclic) bond motifs is 1. The molecule has 1 saturated heterocycles. The SMILES string of the molecule is O=C(c1ccccc1)N1CC[C@H](c2ccc3c(c2)CCO3)C1. The number of carbonyl (C=O) groups excluding carboxylic acids is 1. The Bertz CT molecular complexity index is 696. The standard InChI is InChI=1S/C19H19NO2/c21-19(14-4-2-1-3-5-14)20-10-8-17(13-20)15-6-7-18-16(12-15)9-11-22-18/h1-7,12,17H,8-11,13H2/t17-/m0/s1. The fourth-order valence-electron chi connectivity index (χ4n) is 3.44. The number of nitrogens with zero attached hydrogens (tertiary/aromatic N) is 1. The fourth-order valence-corrected chi connectivity index (χ4v) is 3.44. The van der Waals surface area contributed by atoms with Crippen molar-refractivity contribution in [2.45, 2.75) is 18.8 Å². The Kier molecular flexibility index (Phi) is 3.34. The van der Waals surface area contributed by atoms with Gasteiger partial charge in [-0.1, -0.05) is 30.3 Å². The van der Waals surface area contributed by atoms with E-state index in [1.165, 1.54) is 11.1 Å². The van der Waals surface area contributed by atoms with Crippen molar-refractivity contribution in [2.24, 2.45) is 0 Å². The molecule has 1 atom stereocenters. The molecule has 2 aromatic rings. The molecule has 0 aliphatic carbocycles. The van der Waals surface area contributed by atoms with Crippen LogP contribution in [0.3, 0.4) is 0 Å². The van der Waals surface area contributed by atoms with Gasteiger partial charge in [-0.05, 0) is 35.7 Å². The van der Waals surface area contributed by atoms with Gasteiger partial charge >= 0.3 is 0 Å². The molecule has 3 nitrogen and oxygen atoms in total. The Balaban J connectivity index is 1.49. The van der Waals surface area contributed by atoms with Gasteiger partial charge in [-0.15, -0.1) is 0 Å². The Morgan fingerprint density at radius 1 is 1.14 bits per heavy atom. The molecule has 0 bridgehead atoms. The van der Waals surface area contributed by atoms with Crippen LogP contribution in [0.2, 0.25) is 0 Å². The van der Waals surface area contributed by atoms with Crippen molar-refractivity contribution in [1.82, 2.24) is 4.90 Å². The van der Waals surface area contributed by atoms with Gasteiger partial charge in [0.2, 0.25) is 0 Å². The van der Waals surface area contributed by atoms with Gasteiger partial charge in [-0.25, -0.2) is 0 Å². The maximum absolute atomic E-state index is 12.5. The topological polar surface area (TPSA) is 29.5 Å². The summed E-state index contributed by atoms with van der Waals surface area (Å²) in [4.78, 5) is 14.5. The van der Waals surface area contributed by atoms with Crippen molar-refractivity contribution in [1.29, 1.82) is 0 Å². The van der Waals surface area contributed by atoms with Gasteiger partial charge in [0.05, 0.1) is 6.61 Å². The Morgan fingerprint density at radius 3 is 2.86 bits per heavy atom. The van der Waals surface area contributed by atoms with Crippen LogP contribution < -0.4 is 4.74 Å². The van der Waals surface area contributed by atoms with Gasteiger partial charge in [0, 0.05) is 31.0 Å². The van der Waals surface area contributed by atoms with E-state index in [1.807, 2.05) is 35.2 Å². The van der Waals surface area contributed by atoms with Crippen LogP contribution in [0.25, 0.3) is 0 Å². The predicted molar refractivity (Wildman–Crippen MR) is 85.3 cm³/mol. The molecule has 0 saturated carbocycles. The van der Waals surface area contributed by atoms with E-state index in [0.29, 0.717) is 5.92 Å². The van der Waals surface area contributed by atoms with Crippen molar-refractivity contribution in [2.75, 3.05) is 19.7 Å². The molecule has 1 fully saturated rings. The third-order valence-corrected chi connectivity index (χ3v) is 4.68. The van der Waals surface area contributed by atoms with Crippen molar-refractivity contribution < 1.29 is 9.53 Å². The second-order valence-corrected chi connectivity index (χ2v) is 6.07. The molecule has 2 aliphatic heterocycles. The minimum absolute atomic E-state index is 0.146. The van der Waals surface area contributed by atoms with Gasteiger partial charge in [0.15, 0.2) is 0 Å². The number of benzene rings is 2. The second kappa shape index (κ2) is 5.48. The lowest BCUT2D eigenvalue weighted by Crippen LogP contribution is -2.28. The molecular formula is C19H19NO2. The van der Waals surface area contributed by atoms with Crippen LogP contribution in [0.15, 0.2) is 48.5 Å². The zero-order valence-electron chi connectivity index (χ0n) is 12.5. The van der Waals surface area contributed by atoms with Gasteiger partial charge in [-0.3, -0.25) is 4.79 Å². The number of carbonyl (C=O) groups is 1. The largest absolute Gasteiger partial charge is 0.493 e. The molecule has 112 valence electrons. The molecule has 2 aliphatic rings. The Labute approximate surface area is 130 Å². The first-order valence-corrected chi connectivity index (χ1v) is 7.91. The summed E-state index contributed by atoms with van der Waals surface area (Å²) in [5.41, 5.74) is 3.43. The first-order valence-electron chi connectivity index (χ1n) is 7.91. The summed E-state index contributed by atoms with van der Waals surface area (Å²) in [6, 6.07) is 16.1. The number of ether oxygens (including phenoxy) is 1. The molecule has 0 N–H and O–H groups in total. The van der Waals surface area contributed by atoms with Crippen LogP contribution in [0.5, 0.6) is 5.75 Å². The highest BCUT2D eigenvalue weighted by atomic mass is 16.5. The minimum Gasteiger partial charge on any atom is -0.493 e. The number of hydrogen-bond donors (Lipinski definition) is 0. The molecule has 22 heavy (non-hydrogen) atoms. The maximum atomic E-state index is 12.5. The summed E-state index contributed by atoms with van der Waals surface area (Å²) in [5, 5.41) is 0. The fraction of sp³-hybridized carbons (Fsp3) is 0.316. The summed E-state index contributed by atoms with van der Waals surface area (Å²) in [5.74, 6) is 1.62. The third-order valence-electron chi connectivity index (χ3n) is 4.68. The van der Waals surface area contributed by atoms with Gasteiger partial charge in [0.25, 0.3) is 5.91 Å². The Morgan fingerprint density at radius 2 is 2.00 bits per heavy atom. The molecule has 0 spiro atoms. The minimum atomic E-state index is 0.146. The van der Waals surface area contributed by atoms with Gasteiger partial charge < -0.3 is 9.64 Å². The van der Waals surface area contributed by atoms with Crippen LogP contribution in [0.4, 0.5) is 0 Å². The van der Waals surface area contributed by atoms with E-state index in [-0.39, 0.29) is 5.91 Å². The smallest absolute Gasteiger partial charge is 0.253 e. The molecule has 4 rings (SSSR count). The van der Waals surface area contributed by atoms with Crippen molar-refractivity contribution >= 4 is 5.91 Å². The summed E-state index contributed by atoms with van der Waals surface area (Å²) in [7, 11) is 0. The van der Waals surface area contributed by atoms with Crippen molar-refractivity contribution in [3.8, 4) is 5.75 Å². The van der Waals surface area contributed by atoms with E-state index in [9.17, 15) is 4.79 Å². The highest BCUT2D eigenvalue weighted by Crippen LogP contribution is 2.33. The lowest BCUT2D eigenvalue weighted by atomic mass is 9.96. The van der Waals surface area contributed by atoms with Crippen LogP contribution in [-0.4, -0.2) is 30.5 Å². The molecule has 0 radical (unpaired) electrons. The average Bonchev–Trinajstić information content (AvgIpc) is 3.23. The summed E-state index contributed by atoms with van der Waals surface area (Å²) < 4.78 is 5.57. The van der Waals surface area contributed by atoms with E-state index < -0.39 is 0 Å². The quantitative estimate of drug-likeness (QED) is 0.850. The third kappa shape index (κ3) is 2.37. The molecule has 0 unspecified atom stereocenters. The first-order chi connectivity index (χ1) is 10.8. The number of amides is 1. The Hall–Kier alpha value is -2.29. The second-order valence-electron chi connectivity index (χ2n) is 6.07. The summed E-state index contributed by atoms with van der Waals surface area (Å²) in [6.07, 6.45) is 2.04. The zero-order valence-corrected chi connectivity index (χ0v) is 12.5. The van der Waals surface area contributed by atoms with E-state index in [0.717, 1.165) is 43.9 Å². The first kappa shape index (κ1) is 13.4. The number of rotatable bonds is 2. The molecule has 2 heterocycles. The molecule has 2 aromatic carbocycles. The normalized spacial score (nSPS) is 19.8. The zero-order chi connectivity index (χ0) is 14.9. The van der Waals surface area contributed by atoms with Crippen molar-refractivity contribution in [3.63, 3.8) is 0 Å². The van der Waals surface area contributed by atoms with E-state index in [1.54, 1.807) is 0 Å². The molecule has 3 heteroatoms. The highest BCUT2D eigenvalue weighted by Gasteiger charge is 2.28. The van der Waals surface area contributed by atoms with Gasteiger partial charge in [-0.2, -0.15) is 0 Å². The number of hydrogen-bond acceptors (Lipinski definition) is 2. The average molecular weight is 293 g/mol. The van der Waals surface area contributed by atoms with Crippen LogP contribution in [0, 0.1) is 0 Å². The summed E-state index contributed by atoms with van der Waals surface area (Å²) in [6.45, 7) is 2.45. The van der Waals surface area contributed by atoms with Crippen molar-refractivity contribution in [3.05, 3.63) is 65.2 Å². The van der Waals surface area contributed by atoms with Crippen LogP contribution in [-0.2, 0) is 6.42 Å². The maximum Gasteiger partial charge on any atom is 0.253 e.